The molecule has 0 spiro atoms. The maximum absolute atomic E-state index is 5.93. The molecular weight excluding hydrogens is 346 g/mol. The monoisotopic (exact) mass is 361 g/mol. The number of nitrogens with one attached hydrogen (secondary N) is 1. The molecule has 0 saturated heterocycles. The van der Waals surface area contributed by atoms with Gasteiger partial charge >= 0.3 is 0 Å². The molecule has 21 heavy (non-hydrogen) atoms. The van der Waals surface area contributed by atoms with Crippen molar-refractivity contribution in [3.05, 3.63) is 52.0 Å². The fraction of sp³-hybridized carbons (Fsp3) is 0.188. The van der Waals surface area contributed by atoms with Crippen molar-refractivity contribution in [2.45, 2.75) is 29.9 Å². The number of aromatic amines is 1. The van der Waals surface area contributed by atoms with Crippen LogP contribution in [0.3, 0.4) is 0 Å². The number of rotatable bonds is 3. The molecule has 3 nitrogen and oxygen atoms in total. The molecule has 1 atom stereocenters. The van der Waals surface area contributed by atoms with Gasteiger partial charge in [-0.2, -0.15) is 0 Å². The molecule has 1 heterocycles. The molecule has 5 heteroatoms. The molecule has 2 aromatic carbocycles. The van der Waals surface area contributed by atoms with E-state index in [0.717, 1.165) is 31.1 Å². The fourth-order valence-electron chi connectivity index (χ4n) is 2.20. The first-order valence-corrected chi connectivity index (χ1v) is 8.33. The Hall–Kier alpha value is -1.30. The van der Waals surface area contributed by atoms with Gasteiger partial charge in [-0.1, -0.05) is 39.8 Å². The summed E-state index contributed by atoms with van der Waals surface area (Å²) in [5.74, 6) is 0. The largest absolute Gasteiger partial charge is 0.333 e. The SMILES string of the molecule is Cc1ccc2nc(Sc3ccc(C(C)N)c(Br)c3)[nH]c2c1. The molecule has 1 unspecified atom stereocenters. The highest BCUT2D eigenvalue weighted by atomic mass is 79.9. The highest BCUT2D eigenvalue weighted by Crippen LogP contribution is 2.32. The van der Waals surface area contributed by atoms with Gasteiger partial charge in [0.1, 0.15) is 0 Å². The summed E-state index contributed by atoms with van der Waals surface area (Å²) in [6.07, 6.45) is 0. The fourth-order valence-corrected chi connectivity index (χ4v) is 3.93. The van der Waals surface area contributed by atoms with E-state index in [1.54, 1.807) is 11.8 Å². The Labute approximate surface area is 136 Å². The lowest BCUT2D eigenvalue weighted by Crippen LogP contribution is -2.05. The lowest BCUT2D eigenvalue weighted by Gasteiger charge is -2.09. The predicted octanol–water partition coefficient (Wildman–Crippen LogP) is 4.80. The lowest BCUT2D eigenvalue weighted by molar-refractivity contribution is 0.811. The summed E-state index contributed by atoms with van der Waals surface area (Å²) < 4.78 is 1.04. The number of nitrogens with two attached hydrogens (primary N) is 1. The zero-order chi connectivity index (χ0) is 15.0. The number of aromatic nitrogens is 2. The normalized spacial score (nSPS) is 12.8. The first kappa shape index (κ1) is 14.6. The first-order chi connectivity index (χ1) is 10.0. The summed E-state index contributed by atoms with van der Waals surface area (Å²) in [6.45, 7) is 4.06. The number of hydrogen-bond donors (Lipinski definition) is 2. The predicted molar refractivity (Wildman–Crippen MR) is 91.7 cm³/mol. The highest BCUT2D eigenvalue weighted by Gasteiger charge is 2.09. The third-order valence-electron chi connectivity index (χ3n) is 3.29. The van der Waals surface area contributed by atoms with Crippen LogP contribution in [0.5, 0.6) is 0 Å². The van der Waals surface area contributed by atoms with Crippen molar-refractivity contribution < 1.29 is 0 Å². The molecule has 0 bridgehead atoms. The number of imidazole rings is 1. The average Bonchev–Trinajstić information content (AvgIpc) is 2.79. The highest BCUT2D eigenvalue weighted by molar-refractivity contribution is 9.10. The molecule has 0 amide bonds. The van der Waals surface area contributed by atoms with Gasteiger partial charge in [0, 0.05) is 15.4 Å². The van der Waals surface area contributed by atoms with Crippen LogP contribution in [0.1, 0.15) is 24.1 Å². The third kappa shape index (κ3) is 3.15. The van der Waals surface area contributed by atoms with Gasteiger partial charge in [-0.05, 0) is 49.2 Å². The summed E-state index contributed by atoms with van der Waals surface area (Å²) in [6, 6.07) is 12.5. The molecule has 0 aliphatic rings. The van der Waals surface area contributed by atoms with E-state index in [-0.39, 0.29) is 6.04 Å². The molecule has 0 saturated carbocycles. The lowest BCUT2D eigenvalue weighted by atomic mass is 10.1. The second-order valence-corrected chi connectivity index (χ2v) is 7.05. The van der Waals surface area contributed by atoms with Crippen LogP contribution in [0.2, 0.25) is 0 Å². The molecule has 0 radical (unpaired) electrons. The Morgan fingerprint density at radius 3 is 2.76 bits per heavy atom. The van der Waals surface area contributed by atoms with Gasteiger partial charge in [0.15, 0.2) is 5.16 Å². The van der Waals surface area contributed by atoms with E-state index in [0.29, 0.717) is 0 Å². The second kappa shape index (κ2) is 5.83. The number of halogens is 1. The summed E-state index contributed by atoms with van der Waals surface area (Å²) in [4.78, 5) is 9.08. The van der Waals surface area contributed by atoms with Crippen LogP contribution in [0, 0.1) is 6.92 Å². The van der Waals surface area contributed by atoms with E-state index >= 15 is 0 Å². The van der Waals surface area contributed by atoms with Gasteiger partial charge in [0.2, 0.25) is 0 Å². The van der Waals surface area contributed by atoms with Crippen molar-refractivity contribution in [3.63, 3.8) is 0 Å². The zero-order valence-electron chi connectivity index (χ0n) is 11.9. The Morgan fingerprint density at radius 1 is 1.24 bits per heavy atom. The number of nitrogens with zero attached hydrogens (tertiary/aromatic N) is 1. The Morgan fingerprint density at radius 2 is 2.05 bits per heavy atom. The van der Waals surface area contributed by atoms with Crippen LogP contribution in [0.25, 0.3) is 11.0 Å². The van der Waals surface area contributed by atoms with Crippen molar-refractivity contribution in [2.75, 3.05) is 0 Å². The Bertz CT molecular complexity index is 795. The van der Waals surface area contributed by atoms with Gasteiger partial charge < -0.3 is 10.7 Å². The molecule has 3 rings (SSSR count). The molecule has 0 fully saturated rings. The van der Waals surface area contributed by atoms with Gasteiger partial charge in [-0.25, -0.2) is 4.98 Å². The zero-order valence-corrected chi connectivity index (χ0v) is 14.3. The van der Waals surface area contributed by atoms with Crippen molar-refractivity contribution >= 4 is 38.7 Å². The van der Waals surface area contributed by atoms with Crippen LogP contribution in [0.15, 0.2) is 50.9 Å². The van der Waals surface area contributed by atoms with Crippen molar-refractivity contribution in [1.29, 1.82) is 0 Å². The maximum Gasteiger partial charge on any atom is 0.171 e. The van der Waals surface area contributed by atoms with Gasteiger partial charge in [-0.3, -0.25) is 0 Å². The number of H-pyrrole nitrogens is 1. The molecule has 1 aromatic heterocycles. The number of aryl methyl sites for hydroxylation is 1. The summed E-state index contributed by atoms with van der Waals surface area (Å²) in [7, 11) is 0. The van der Waals surface area contributed by atoms with Crippen LogP contribution >= 0.6 is 27.7 Å². The molecule has 3 aromatic rings. The minimum atomic E-state index is 0.0209. The molecule has 108 valence electrons. The van der Waals surface area contributed by atoms with Gasteiger partial charge in [-0.15, -0.1) is 0 Å². The summed E-state index contributed by atoms with van der Waals surface area (Å²) in [5, 5.41) is 0.899. The first-order valence-electron chi connectivity index (χ1n) is 6.72. The van der Waals surface area contributed by atoms with Crippen molar-refractivity contribution in [3.8, 4) is 0 Å². The minimum Gasteiger partial charge on any atom is -0.333 e. The van der Waals surface area contributed by atoms with E-state index in [4.69, 9.17) is 5.73 Å². The minimum absolute atomic E-state index is 0.0209. The van der Waals surface area contributed by atoms with Crippen molar-refractivity contribution in [2.24, 2.45) is 5.73 Å². The van der Waals surface area contributed by atoms with E-state index in [1.807, 2.05) is 13.0 Å². The molecule has 0 aliphatic carbocycles. The van der Waals surface area contributed by atoms with Crippen LogP contribution in [0.4, 0.5) is 0 Å². The second-order valence-electron chi connectivity index (χ2n) is 5.14. The molecular formula is C16H16BrN3S. The van der Waals surface area contributed by atoms with Crippen LogP contribution in [-0.2, 0) is 0 Å². The summed E-state index contributed by atoms with van der Waals surface area (Å²) in [5.41, 5.74) is 10.3. The molecule has 0 aliphatic heterocycles. The van der Waals surface area contributed by atoms with E-state index < -0.39 is 0 Å². The van der Waals surface area contributed by atoms with Gasteiger partial charge in [0.05, 0.1) is 11.0 Å². The number of benzene rings is 2. The maximum atomic E-state index is 5.93. The van der Waals surface area contributed by atoms with Gasteiger partial charge in [0.25, 0.3) is 0 Å². The quantitative estimate of drug-likeness (QED) is 0.703. The third-order valence-corrected chi connectivity index (χ3v) is 4.86. The van der Waals surface area contributed by atoms with E-state index in [1.165, 1.54) is 5.56 Å². The molecule has 3 N–H and O–H groups in total. The van der Waals surface area contributed by atoms with Crippen molar-refractivity contribution in [1.82, 2.24) is 9.97 Å². The summed E-state index contributed by atoms with van der Waals surface area (Å²) >= 11 is 5.20. The number of hydrogen-bond acceptors (Lipinski definition) is 3. The van der Waals surface area contributed by atoms with E-state index in [2.05, 4.69) is 63.2 Å². The van der Waals surface area contributed by atoms with Crippen LogP contribution in [-0.4, -0.2) is 9.97 Å². The Kier molecular flexibility index (Phi) is 4.06. The average molecular weight is 362 g/mol. The number of fused-ring (bicyclic) bond motifs is 1. The van der Waals surface area contributed by atoms with E-state index in [9.17, 15) is 0 Å². The topological polar surface area (TPSA) is 54.7 Å². The smallest absolute Gasteiger partial charge is 0.171 e. The van der Waals surface area contributed by atoms with Crippen LogP contribution < -0.4 is 5.73 Å². The standard InChI is InChI=1S/C16H16BrN3S/c1-9-3-6-14-15(7-9)20-16(19-14)21-11-4-5-12(10(2)18)13(17)8-11/h3-8,10H,18H2,1-2H3,(H,19,20). The Balaban J connectivity index is 1.89.